The highest BCUT2D eigenvalue weighted by molar-refractivity contribution is 5.92. The molecule has 4 nitrogen and oxygen atoms in total. The van der Waals surface area contributed by atoms with Crippen LogP contribution < -0.4 is 16.4 Å². The Balaban J connectivity index is 2.22. The van der Waals surface area contributed by atoms with E-state index in [-0.39, 0.29) is 5.70 Å². The fraction of sp³-hybridized carbons (Fsp3) is 0.364. The minimum absolute atomic E-state index is 0.116. The molecule has 0 fully saturated rings. The van der Waals surface area contributed by atoms with E-state index in [0.29, 0.717) is 5.57 Å². The van der Waals surface area contributed by atoms with Gasteiger partial charge in [0.05, 0.1) is 0 Å². The third-order valence-corrected chi connectivity index (χ3v) is 2.68. The standard InChI is InChI=1S/C11H14FN3O/c12-10-8(7-3-5-14-6-4-7)1-2-9(15-10)11(13)16/h1-3,10,14-15H,4-6H2,(H2,13,16). The molecule has 2 aliphatic rings. The topological polar surface area (TPSA) is 67.2 Å². The van der Waals surface area contributed by atoms with Gasteiger partial charge in [-0.2, -0.15) is 0 Å². The molecule has 0 saturated heterocycles. The van der Waals surface area contributed by atoms with E-state index >= 15 is 0 Å². The Bertz CT molecular complexity index is 398. The third-order valence-electron chi connectivity index (χ3n) is 2.68. The molecule has 0 aromatic heterocycles. The molecule has 86 valence electrons. The minimum atomic E-state index is -1.35. The van der Waals surface area contributed by atoms with Crippen molar-refractivity contribution in [2.75, 3.05) is 13.1 Å². The zero-order chi connectivity index (χ0) is 11.5. The summed E-state index contributed by atoms with van der Waals surface area (Å²) < 4.78 is 13.8. The summed E-state index contributed by atoms with van der Waals surface area (Å²) in [5.41, 5.74) is 6.75. The highest BCUT2D eigenvalue weighted by Crippen LogP contribution is 2.23. The van der Waals surface area contributed by atoms with Gasteiger partial charge in [0.15, 0.2) is 6.30 Å². The molecule has 1 amide bonds. The number of dihydropyridines is 1. The molecule has 0 bridgehead atoms. The molecular formula is C11H14FN3O. The molecule has 1 unspecified atom stereocenters. The number of allylic oxidation sites excluding steroid dienone is 2. The van der Waals surface area contributed by atoms with Crippen LogP contribution in [0.3, 0.4) is 0 Å². The molecule has 4 N–H and O–H groups in total. The van der Waals surface area contributed by atoms with Crippen LogP contribution in [0.4, 0.5) is 4.39 Å². The summed E-state index contributed by atoms with van der Waals surface area (Å²) in [6.45, 7) is 1.61. The molecule has 0 aromatic rings. The van der Waals surface area contributed by atoms with Gasteiger partial charge < -0.3 is 16.4 Å². The number of rotatable bonds is 2. The number of carbonyl (C=O) groups is 1. The minimum Gasteiger partial charge on any atom is -0.364 e. The third kappa shape index (κ3) is 2.14. The maximum atomic E-state index is 13.8. The van der Waals surface area contributed by atoms with Gasteiger partial charge in [0.25, 0.3) is 5.91 Å². The number of nitrogens with two attached hydrogens (primary N) is 1. The van der Waals surface area contributed by atoms with Crippen molar-refractivity contribution in [2.45, 2.75) is 12.7 Å². The van der Waals surface area contributed by atoms with Gasteiger partial charge in [-0.25, -0.2) is 4.39 Å². The second-order valence-electron chi connectivity index (χ2n) is 3.76. The van der Waals surface area contributed by atoms with E-state index in [2.05, 4.69) is 10.6 Å². The Kier molecular flexibility index (Phi) is 3.05. The van der Waals surface area contributed by atoms with Crippen LogP contribution in [0.25, 0.3) is 0 Å². The van der Waals surface area contributed by atoms with Crippen molar-refractivity contribution >= 4 is 5.91 Å². The van der Waals surface area contributed by atoms with E-state index in [4.69, 9.17) is 5.73 Å². The van der Waals surface area contributed by atoms with Gasteiger partial charge in [-0.05, 0) is 24.6 Å². The number of amides is 1. The number of nitrogens with one attached hydrogen (secondary N) is 2. The molecule has 0 saturated carbocycles. The molecule has 2 aliphatic heterocycles. The molecule has 0 aliphatic carbocycles. The van der Waals surface area contributed by atoms with Crippen LogP contribution in [0, 0.1) is 0 Å². The van der Waals surface area contributed by atoms with Crippen LogP contribution in [-0.2, 0) is 4.79 Å². The number of carbonyl (C=O) groups excluding carboxylic acids is 1. The quantitative estimate of drug-likeness (QED) is 0.582. The van der Waals surface area contributed by atoms with Crippen molar-refractivity contribution in [3.8, 4) is 0 Å². The monoisotopic (exact) mass is 223 g/mol. The van der Waals surface area contributed by atoms with Crippen molar-refractivity contribution in [2.24, 2.45) is 5.73 Å². The average Bonchev–Trinajstić information content (AvgIpc) is 2.30. The maximum absolute atomic E-state index is 13.8. The molecule has 2 heterocycles. The van der Waals surface area contributed by atoms with E-state index in [0.717, 1.165) is 25.1 Å². The second kappa shape index (κ2) is 4.49. The number of hydrogen-bond acceptors (Lipinski definition) is 3. The SMILES string of the molecule is NC(=O)C1=CC=C(C2=CCNCC2)C(F)N1. The first kappa shape index (κ1) is 10.9. The lowest BCUT2D eigenvalue weighted by molar-refractivity contribution is -0.115. The highest BCUT2D eigenvalue weighted by Gasteiger charge is 2.22. The van der Waals surface area contributed by atoms with Crippen LogP contribution in [0.5, 0.6) is 0 Å². The summed E-state index contributed by atoms with van der Waals surface area (Å²) in [6, 6.07) is 0. The van der Waals surface area contributed by atoms with Crippen LogP contribution in [0.1, 0.15) is 6.42 Å². The van der Waals surface area contributed by atoms with Crippen molar-refractivity contribution in [3.63, 3.8) is 0 Å². The molecule has 1 atom stereocenters. The van der Waals surface area contributed by atoms with E-state index in [1.165, 1.54) is 6.08 Å². The van der Waals surface area contributed by atoms with Crippen molar-refractivity contribution < 1.29 is 9.18 Å². The summed E-state index contributed by atoms with van der Waals surface area (Å²) in [4.78, 5) is 10.9. The van der Waals surface area contributed by atoms with Gasteiger partial charge in [-0.1, -0.05) is 12.2 Å². The predicted molar refractivity (Wildman–Crippen MR) is 59.0 cm³/mol. The lowest BCUT2D eigenvalue weighted by Crippen LogP contribution is -2.36. The van der Waals surface area contributed by atoms with Crippen molar-refractivity contribution in [3.05, 3.63) is 35.1 Å². The van der Waals surface area contributed by atoms with Crippen LogP contribution in [-0.4, -0.2) is 25.3 Å². The summed E-state index contributed by atoms with van der Waals surface area (Å²) in [5, 5.41) is 5.61. The Morgan fingerprint density at radius 2 is 2.31 bits per heavy atom. The first-order valence-electron chi connectivity index (χ1n) is 5.21. The number of primary amides is 1. The molecular weight excluding hydrogens is 209 g/mol. The zero-order valence-electron chi connectivity index (χ0n) is 8.79. The lowest BCUT2D eigenvalue weighted by Gasteiger charge is -2.24. The molecule has 0 aromatic carbocycles. The second-order valence-corrected chi connectivity index (χ2v) is 3.76. The van der Waals surface area contributed by atoms with Crippen molar-refractivity contribution in [1.82, 2.24) is 10.6 Å². The molecule has 5 heteroatoms. The van der Waals surface area contributed by atoms with Gasteiger partial charge in [0.1, 0.15) is 5.70 Å². The van der Waals surface area contributed by atoms with Crippen LogP contribution in [0.2, 0.25) is 0 Å². The van der Waals surface area contributed by atoms with Gasteiger partial charge >= 0.3 is 0 Å². The Morgan fingerprint density at radius 3 is 2.88 bits per heavy atom. The largest absolute Gasteiger partial charge is 0.364 e. The Hall–Kier alpha value is -1.62. The Morgan fingerprint density at radius 1 is 1.50 bits per heavy atom. The number of alkyl halides is 1. The number of halogens is 1. The summed E-state index contributed by atoms with van der Waals surface area (Å²) >= 11 is 0. The zero-order valence-corrected chi connectivity index (χ0v) is 8.79. The highest BCUT2D eigenvalue weighted by atomic mass is 19.1. The molecule has 0 radical (unpaired) electrons. The smallest absolute Gasteiger partial charge is 0.264 e. The van der Waals surface area contributed by atoms with Gasteiger partial charge in [0.2, 0.25) is 0 Å². The Labute approximate surface area is 93.1 Å². The normalized spacial score (nSPS) is 25.1. The number of hydrogen-bond donors (Lipinski definition) is 3. The maximum Gasteiger partial charge on any atom is 0.264 e. The van der Waals surface area contributed by atoms with Crippen LogP contribution in [0.15, 0.2) is 35.1 Å². The van der Waals surface area contributed by atoms with Crippen LogP contribution >= 0.6 is 0 Å². The lowest BCUT2D eigenvalue weighted by atomic mass is 9.97. The van der Waals surface area contributed by atoms with E-state index in [9.17, 15) is 9.18 Å². The van der Waals surface area contributed by atoms with Gasteiger partial charge in [-0.15, -0.1) is 0 Å². The van der Waals surface area contributed by atoms with Gasteiger partial charge in [-0.3, -0.25) is 4.79 Å². The van der Waals surface area contributed by atoms with E-state index in [1.54, 1.807) is 6.08 Å². The molecule has 0 spiro atoms. The first-order chi connectivity index (χ1) is 7.68. The van der Waals surface area contributed by atoms with E-state index < -0.39 is 12.2 Å². The first-order valence-corrected chi connectivity index (χ1v) is 5.21. The predicted octanol–water partition coefficient (Wildman–Crippen LogP) is 0.100. The average molecular weight is 223 g/mol. The summed E-state index contributed by atoms with van der Waals surface area (Å²) in [6.07, 6.45) is 4.56. The van der Waals surface area contributed by atoms with Gasteiger partial charge in [0, 0.05) is 12.1 Å². The summed E-state index contributed by atoms with van der Waals surface area (Å²) in [5.74, 6) is -0.641. The molecule has 16 heavy (non-hydrogen) atoms. The fourth-order valence-corrected chi connectivity index (χ4v) is 1.83. The van der Waals surface area contributed by atoms with E-state index in [1.807, 2.05) is 6.08 Å². The molecule has 2 rings (SSSR count). The summed E-state index contributed by atoms with van der Waals surface area (Å²) in [7, 11) is 0. The van der Waals surface area contributed by atoms with Crippen molar-refractivity contribution in [1.29, 1.82) is 0 Å². The fourth-order valence-electron chi connectivity index (χ4n) is 1.83.